The van der Waals surface area contributed by atoms with Crippen LogP contribution in [0.25, 0.3) is 33.3 Å². The molecule has 0 unspecified atom stereocenters. The lowest BCUT2D eigenvalue weighted by atomic mass is 10.2. The summed E-state index contributed by atoms with van der Waals surface area (Å²) in [6.45, 7) is 0. The van der Waals surface area contributed by atoms with Crippen LogP contribution in [-0.4, -0.2) is 28.5 Å². The summed E-state index contributed by atoms with van der Waals surface area (Å²) in [7, 11) is -4.30. The van der Waals surface area contributed by atoms with Gasteiger partial charge in [0.15, 0.2) is 5.82 Å². The number of aromatic nitrogens is 3. The fourth-order valence-corrected chi connectivity index (χ4v) is 3.53. The van der Waals surface area contributed by atoms with E-state index in [1.807, 2.05) is 0 Å². The van der Waals surface area contributed by atoms with E-state index in [0.29, 0.717) is 21.5 Å². The summed E-state index contributed by atoms with van der Waals surface area (Å²) in [5.74, 6) is -0.693. The van der Waals surface area contributed by atoms with Crippen LogP contribution in [-0.2, 0) is 17.2 Å². The van der Waals surface area contributed by atoms with E-state index < -0.39 is 21.5 Å². The summed E-state index contributed by atoms with van der Waals surface area (Å²) in [5.41, 5.74) is -4.40. The summed E-state index contributed by atoms with van der Waals surface area (Å²) in [5, 5.41) is 0.829. The highest BCUT2D eigenvalue weighted by molar-refractivity contribution is 7.88. The molecule has 0 saturated carbocycles. The van der Waals surface area contributed by atoms with Crippen LogP contribution < -0.4 is 4.18 Å². The van der Waals surface area contributed by atoms with E-state index in [-0.39, 0.29) is 16.9 Å². The molecule has 0 fully saturated rings. The van der Waals surface area contributed by atoms with Gasteiger partial charge in [-0.3, -0.25) is 0 Å². The third kappa shape index (κ3) is 3.28. The van der Waals surface area contributed by atoms with Gasteiger partial charge in [0.05, 0.1) is 10.9 Å². The van der Waals surface area contributed by atoms with Gasteiger partial charge in [-0.25, -0.2) is 4.98 Å². The van der Waals surface area contributed by atoms with E-state index in [0.717, 1.165) is 0 Å². The molecule has 0 saturated heterocycles. The molecule has 0 amide bonds. The maximum Gasteiger partial charge on any atom is 0.534 e. The van der Waals surface area contributed by atoms with Crippen molar-refractivity contribution in [1.29, 1.82) is 0 Å². The molecule has 4 aromatic rings. The van der Waals surface area contributed by atoms with Crippen LogP contribution in [0.1, 0.15) is 0 Å². The molecule has 4 rings (SSSR count). The third-order valence-electron chi connectivity index (χ3n) is 4.27. The highest BCUT2D eigenvalue weighted by Crippen LogP contribution is 2.38. The van der Waals surface area contributed by atoms with E-state index in [1.54, 1.807) is 54.1 Å². The van der Waals surface area contributed by atoms with Gasteiger partial charge in [0, 0.05) is 23.0 Å². The maximum atomic E-state index is 12.9. The van der Waals surface area contributed by atoms with Crippen LogP contribution in [0.5, 0.6) is 5.88 Å². The Morgan fingerprint density at radius 3 is 2.41 bits per heavy atom. The van der Waals surface area contributed by atoms with Gasteiger partial charge in [-0.2, -0.15) is 26.6 Å². The van der Waals surface area contributed by atoms with Crippen LogP contribution in [0.3, 0.4) is 0 Å². The fraction of sp³-hybridized carbons (Fsp3) is 0.111. The van der Waals surface area contributed by atoms with E-state index in [2.05, 4.69) is 14.2 Å². The largest absolute Gasteiger partial charge is 0.534 e. The Morgan fingerprint density at radius 1 is 1.07 bits per heavy atom. The van der Waals surface area contributed by atoms with Crippen molar-refractivity contribution < 1.29 is 25.8 Å². The summed E-state index contributed by atoms with van der Waals surface area (Å²) >= 11 is 6.03. The lowest BCUT2D eigenvalue weighted by molar-refractivity contribution is -0.0500. The SMILES string of the molecule is Cn1c2cc(Cl)ccc2c2c(OS(=O)(=O)C(F)(F)F)nc(-c3ccccc3)nc21. The topological polar surface area (TPSA) is 74.1 Å². The molecule has 0 aliphatic heterocycles. The molecule has 2 aromatic heterocycles. The van der Waals surface area contributed by atoms with Crippen molar-refractivity contribution in [2.24, 2.45) is 7.05 Å². The highest BCUT2D eigenvalue weighted by Gasteiger charge is 2.49. The number of aryl methyl sites for hydroxylation is 1. The minimum Gasteiger partial charge on any atom is -0.354 e. The van der Waals surface area contributed by atoms with Gasteiger partial charge < -0.3 is 8.75 Å². The summed E-state index contributed by atoms with van der Waals surface area (Å²) in [4.78, 5) is 8.41. The molecule has 0 atom stereocenters. The molecule has 2 heterocycles. The second-order valence-electron chi connectivity index (χ2n) is 6.12. The van der Waals surface area contributed by atoms with Crippen molar-refractivity contribution in [3.8, 4) is 17.3 Å². The van der Waals surface area contributed by atoms with Gasteiger partial charge >= 0.3 is 15.6 Å². The number of halogens is 4. The number of nitrogens with zero attached hydrogens (tertiary/aromatic N) is 3. The predicted molar refractivity (Wildman–Crippen MR) is 102 cm³/mol. The molecule has 0 bridgehead atoms. The standard InChI is InChI=1S/C18H11ClF3N3O3S/c1-25-13-9-11(19)7-8-12(13)14-16(25)23-15(10-5-3-2-4-6-10)24-17(14)28-29(26,27)18(20,21)22/h2-9H,1H3. The predicted octanol–water partition coefficient (Wildman–Crippen LogP) is 4.67. The third-order valence-corrected chi connectivity index (χ3v) is 5.45. The number of rotatable bonds is 3. The summed E-state index contributed by atoms with van der Waals surface area (Å²) in [6.07, 6.45) is 0. The van der Waals surface area contributed by atoms with Crippen LogP contribution in [0.2, 0.25) is 5.02 Å². The zero-order valence-electron chi connectivity index (χ0n) is 14.6. The van der Waals surface area contributed by atoms with Crippen LogP contribution in [0, 0.1) is 0 Å². The highest BCUT2D eigenvalue weighted by atomic mass is 35.5. The van der Waals surface area contributed by atoms with Crippen LogP contribution in [0.15, 0.2) is 48.5 Å². The van der Waals surface area contributed by atoms with E-state index in [9.17, 15) is 21.6 Å². The second-order valence-corrected chi connectivity index (χ2v) is 8.09. The number of benzene rings is 2. The average molecular weight is 442 g/mol. The lowest BCUT2D eigenvalue weighted by Gasteiger charge is -2.11. The Kier molecular flexibility index (Phi) is 4.43. The first-order valence-corrected chi connectivity index (χ1v) is 9.89. The first-order valence-electron chi connectivity index (χ1n) is 8.10. The van der Waals surface area contributed by atoms with Gasteiger partial charge in [0.1, 0.15) is 5.65 Å². The molecular weight excluding hydrogens is 431 g/mol. The molecule has 6 nitrogen and oxygen atoms in total. The molecule has 29 heavy (non-hydrogen) atoms. The molecule has 0 aliphatic carbocycles. The van der Waals surface area contributed by atoms with E-state index >= 15 is 0 Å². The van der Waals surface area contributed by atoms with Gasteiger partial charge in [-0.05, 0) is 12.1 Å². The van der Waals surface area contributed by atoms with Crippen molar-refractivity contribution in [3.05, 3.63) is 53.6 Å². The Bertz CT molecular complexity index is 1350. The Labute approximate surface area is 167 Å². The Hall–Kier alpha value is -2.85. The van der Waals surface area contributed by atoms with E-state index in [4.69, 9.17) is 11.6 Å². The lowest BCUT2D eigenvalue weighted by Crippen LogP contribution is -2.28. The molecule has 0 spiro atoms. The molecular formula is C18H11ClF3N3O3S. The summed E-state index contributed by atoms with van der Waals surface area (Å²) < 4.78 is 68.2. The van der Waals surface area contributed by atoms with Gasteiger partial charge in [0.2, 0.25) is 5.88 Å². The first-order chi connectivity index (χ1) is 13.6. The van der Waals surface area contributed by atoms with Gasteiger partial charge in [-0.1, -0.05) is 48.0 Å². The maximum absolute atomic E-state index is 12.9. The van der Waals surface area contributed by atoms with Crippen molar-refractivity contribution in [1.82, 2.24) is 14.5 Å². The average Bonchev–Trinajstić information content (AvgIpc) is 2.93. The minimum absolute atomic E-state index is 0.0162. The zero-order valence-corrected chi connectivity index (χ0v) is 16.2. The number of hydrogen-bond acceptors (Lipinski definition) is 5. The van der Waals surface area contributed by atoms with Gasteiger partial charge in [-0.15, -0.1) is 0 Å². The molecule has 0 aliphatic rings. The Balaban J connectivity index is 2.08. The van der Waals surface area contributed by atoms with Gasteiger partial charge in [0.25, 0.3) is 0 Å². The zero-order chi connectivity index (χ0) is 21.0. The second kappa shape index (κ2) is 6.60. The van der Waals surface area contributed by atoms with Crippen molar-refractivity contribution in [2.45, 2.75) is 5.51 Å². The van der Waals surface area contributed by atoms with Crippen LogP contribution in [0.4, 0.5) is 13.2 Å². The smallest absolute Gasteiger partial charge is 0.354 e. The number of alkyl halides is 3. The first kappa shape index (κ1) is 19.5. The monoisotopic (exact) mass is 441 g/mol. The summed E-state index contributed by atoms with van der Waals surface area (Å²) in [6, 6.07) is 13.1. The molecule has 11 heteroatoms. The normalized spacial score (nSPS) is 12.6. The molecule has 0 N–H and O–H groups in total. The fourth-order valence-electron chi connectivity index (χ4n) is 2.94. The van der Waals surface area contributed by atoms with E-state index in [1.165, 1.54) is 6.07 Å². The van der Waals surface area contributed by atoms with Crippen LogP contribution >= 0.6 is 11.6 Å². The van der Waals surface area contributed by atoms with Crippen molar-refractivity contribution in [3.63, 3.8) is 0 Å². The number of fused-ring (bicyclic) bond motifs is 3. The van der Waals surface area contributed by atoms with Crippen molar-refractivity contribution >= 4 is 43.7 Å². The Morgan fingerprint density at radius 2 is 1.76 bits per heavy atom. The molecule has 150 valence electrons. The number of hydrogen-bond donors (Lipinski definition) is 0. The molecule has 2 aromatic carbocycles. The molecule has 0 radical (unpaired) electrons. The minimum atomic E-state index is -5.93. The quantitative estimate of drug-likeness (QED) is 0.341. The van der Waals surface area contributed by atoms with Crippen molar-refractivity contribution in [2.75, 3.05) is 0 Å².